The number of carbonyl (C=O) groups is 1. The lowest BCUT2D eigenvalue weighted by Crippen LogP contribution is -2.48. The fourth-order valence-corrected chi connectivity index (χ4v) is 5.24. The standard InChI is InChI=1S/C15H18N4O4S3/c1-9(2)24-15-18-17-14(25-15)16-13(20)12-8-19(26(3,21)22)10-6-4-5-7-11(10)23-12/h4-7,9,12H,8H2,1-3H3,(H,16,17,20)/t12-/m1/s1. The molecule has 11 heteroatoms. The number of benzene rings is 1. The van der Waals surface area contributed by atoms with E-state index in [9.17, 15) is 13.2 Å². The highest BCUT2D eigenvalue weighted by molar-refractivity contribution is 8.01. The summed E-state index contributed by atoms with van der Waals surface area (Å²) in [5.41, 5.74) is 0.422. The van der Waals surface area contributed by atoms with Crippen molar-refractivity contribution < 1.29 is 17.9 Å². The van der Waals surface area contributed by atoms with Gasteiger partial charge in [0.1, 0.15) is 5.75 Å². The van der Waals surface area contributed by atoms with Crippen LogP contribution >= 0.6 is 23.1 Å². The number of amides is 1. The van der Waals surface area contributed by atoms with Crippen LogP contribution in [-0.4, -0.2) is 48.7 Å². The Bertz CT molecular complexity index is 913. The minimum atomic E-state index is -3.54. The molecule has 26 heavy (non-hydrogen) atoms. The summed E-state index contributed by atoms with van der Waals surface area (Å²) in [6.45, 7) is 3.98. The van der Waals surface area contributed by atoms with Crippen LogP contribution in [0.2, 0.25) is 0 Å². The van der Waals surface area contributed by atoms with Gasteiger partial charge in [-0.2, -0.15) is 0 Å². The second kappa shape index (κ2) is 7.41. The molecule has 0 saturated carbocycles. The molecule has 0 unspecified atom stereocenters. The average molecular weight is 415 g/mol. The number of aromatic nitrogens is 2. The van der Waals surface area contributed by atoms with Gasteiger partial charge in [0.2, 0.25) is 15.2 Å². The Labute approximate surface area is 160 Å². The van der Waals surface area contributed by atoms with E-state index in [1.54, 1.807) is 36.0 Å². The molecule has 1 N–H and O–H groups in total. The van der Waals surface area contributed by atoms with Gasteiger partial charge in [-0.3, -0.25) is 14.4 Å². The van der Waals surface area contributed by atoms with Crippen molar-refractivity contribution in [3.05, 3.63) is 24.3 Å². The van der Waals surface area contributed by atoms with Gasteiger partial charge in [-0.1, -0.05) is 49.1 Å². The van der Waals surface area contributed by atoms with Gasteiger partial charge in [0.25, 0.3) is 5.91 Å². The van der Waals surface area contributed by atoms with Crippen LogP contribution in [0.25, 0.3) is 0 Å². The van der Waals surface area contributed by atoms with Gasteiger partial charge in [0.05, 0.1) is 18.5 Å². The maximum Gasteiger partial charge on any atom is 0.269 e. The van der Waals surface area contributed by atoms with Crippen molar-refractivity contribution in [1.82, 2.24) is 10.2 Å². The molecule has 1 aliphatic heterocycles. The number of nitrogens with one attached hydrogen (secondary N) is 1. The van der Waals surface area contributed by atoms with Gasteiger partial charge in [0, 0.05) is 5.25 Å². The Morgan fingerprint density at radius 2 is 2.12 bits per heavy atom. The lowest BCUT2D eigenvalue weighted by Gasteiger charge is -2.33. The summed E-state index contributed by atoms with van der Waals surface area (Å²) in [5.74, 6) is -0.122. The van der Waals surface area contributed by atoms with Crippen LogP contribution in [0, 0.1) is 0 Å². The zero-order valence-corrected chi connectivity index (χ0v) is 16.8. The van der Waals surface area contributed by atoms with Gasteiger partial charge in [-0.15, -0.1) is 10.2 Å². The van der Waals surface area contributed by atoms with E-state index in [0.717, 1.165) is 10.6 Å². The van der Waals surface area contributed by atoms with E-state index in [4.69, 9.17) is 4.74 Å². The Morgan fingerprint density at radius 1 is 1.38 bits per heavy atom. The molecule has 8 nitrogen and oxygen atoms in total. The van der Waals surface area contributed by atoms with E-state index >= 15 is 0 Å². The second-order valence-electron chi connectivity index (χ2n) is 5.90. The molecule has 0 saturated heterocycles. The second-order valence-corrected chi connectivity index (χ2v) is 10.6. The van der Waals surface area contributed by atoms with Crippen LogP contribution < -0.4 is 14.4 Å². The molecule has 2 aromatic rings. The SMILES string of the molecule is CC(C)Sc1nnc(NC(=O)[C@H]2CN(S(C)(=O)=O)c3ccccc3O2)s1. The molecule has 140 valence electrons. The fraction of sp³-hybridized carbons (Fsp3) is 0.400. The maximum absolute atomic E-state index is 12.6. The number of thioether (sulfide) groups is 1. The van der Waals surface area contributed by atoms with Crippen LogP contribution in [0.15, 0.2) is 28.6 Å². The van der Waals surface area contributed by atoms with Crippen molar-refractivity contribution in [2.45, 2.75) is 29.5 Å². The summed E-state index contributed by atoms with van der Waals surface area (Å²) >= 11 is 2.82. The molecule has 0 bridgehead atoms. The van der Waals surface area contributed by atoms with E-state index in [1.165, 1.54) is 15.6 Å². The lowest BCUT2D eigenvalue weighted by molar-refractivity contribution is -0.122. The molecule has 0 aliphatic carbocycles. The van der Waals surface area contributed by atoms with E-state index in [0.29, 0.717) is 21.8 Å². The van der Waals surface area contributed by atoms with Crippen molar-refractivity contribution in [3.63, 3.8) is 0 Å². The number of nitrogens with zero attached hydrogens (tertiary/aromatic N) is 3. The Kier molecular flexibility index (Phi) is 5.39. The first-order valence-electron chi connectivity index (χ1n) is 7.78. The van der Waals surface area contributed by atoms with Crippen LogP contribution in [0.5, 0.6) is 5.75 Å². The zero-order chi connectivity index (χ0) is 18.9. The summed E-state index contributed by atoms with van der Waals surface area (Å²) in [5, 5.41) is 11.3. The molecule has 2 heterocycles. The molecule has 0 fully saturated rings. The number of rotatable bonds is 5. The number of carbonyl (C=O) groups excluding carboxylic acids is 1. The Morgan fingerprint density at radius 3 is 2.81 bits per heavy atom. The first-order valence-corrected chi connectivity index (χ1v) is 11.3. The van der Waals surface area contributed by atoms with Gasteiger partial charge in [-0.05, 0) is 12.1 Å². The lowest BCUT2D eigenvalue weighted by atomic mass is 10.2. The van der Waals surface area contributed by atoms with E-state index in [2.05, 4.69) is 15.5 Å². The number of para-hydroxylation sites is 2. The third-order valence-electron chi connectivity index (χ3n) is 3.40. The van der Waals surface area contributed by atoms with Crippen LogP contribution in [0.3, 0.4) is 0 Å². The number of hydrogen-bond acceptors (Lipinski definition) is 8. The van der Waals surface area contributed by atoms with Gasteiger partial charge in [-0.25, -0.2) is 8.42 Å². The highest BCUT2D eigenvalue weighted by Crippen LogP contribution is 2.35. The average Bonchev–Trinajstić information content (AvgIpc) is 2.99. The van der Waals surface area contributed by atoms with E-state index in [-0.39, 0.29) is 6.54 Å². The predicted molar refractivity (Wildman–Crippen MR) is 103 cm³/mol. The minimum Gasteiger partial charge on any atom is -0.476 e. The van der Waals surface area contributed by atoms with E-state index in [1.807, 2.05) is 13.8 Å². The molecule has 1 aromatic carbocycles. The summed E-state index contributed by atoms with van der Waals surface area (Å²) < 4.78 is 31.8. The van der Waals surface area contributed by atoms with Crippen LogP contribution in [0.1, 0.15) is 13.8 Å². The largest absolute Gasteiger partial charge is 0.476 e. The summed E-state index contributed by atoms with van der Waals surface area (Å²) in [6.07, 6.45) is 0.120. The Balaban J connectivity index is 1.77. The predicted octanol–water partition coefficient (Wildman–Crippen LogP) is 2.20. The molecule has 1 amide bonds. The summed E-state index contributed by atoms with van der Waals surface area (Å²) in [7, 11) is -3.54. The number of hydrogen-bond donors (Lipinski definition) is 1. The molecule has 1 aliphatic rings. The maximum atomic E-state index is 12.6. The Hall–Kier alpha value is -1.85. The number of sulfonamides is 1. The van der Waals surface area contributed by atoms with Crippen molar-refractivity contribution in [2.75, 3.05) is 22.4 Å². The molecule has 1 aromatic heterocycles. The van der Waals surface area contributed by atoms with Gasteiger partial charge < -0.3 is 4.74 Å². The topological polar surface area (TPSA) is 101 Å². The normalized spacial score (nSPS) is 16.9. The number of ether oxygens (including phenoxy) is 1. The third-order valence-corrected chi connectivity index (χ3v) is 6.47. The first-order chi connectivity index (χ1) is 12.2. The molecule has 3 rings (SSSR count). The van der Waals surface area contributed by atoms with Crippen molar-refractivity contribution >= 4 is 49.8 Å². The van der Waals surface area contributed by atoms with Gasteiger partial charge >= 0.3 is 0 Å². The highest BCUT2D eigenvalue weighted by Gasteiger charge is 2.35. The van der Waals surface area contributed by atoms with Crippen LogP contribution in [0.4, 0.5) is 10.8 Å². The van der Waals surface area contributed by atoms with Crippen LogP contribution in [-0.2, 0) is 14.8 Å². The number of fused-ring (bicyclic) bond motifs is 1. The molecular formula is C15H18N4O4S3. The number of anilines is 2. The van der Waals surface area contributed by atoms with Crippen molar-refractivity contribution in [3.8, 4) is 5.75 Å². The summed E-state index contributed by atoms with van der Waals surface area (Å²) in [4.78, 5) is 12.6. The fourth-order valence-electron chi connectivity index (χ4n) is 2.35. The highest BCUT2D eigenvalue weighted by atomic mass is 32.2. The monoisotopic (exact) mass is 414 g/mol. The molecule has 0 radical (unpaired) electrons. The quantitative estimate of drug-likeness (QED) is 0.591. The van der Waals surface area contributed by atoms with Crippen molar-refractivity contribution in [1.29, 1.82) is 0 Å². The molecular weight excluding hydrogens is 396 g/mol. The molecule has 1 atom stereocenters. The minimum absolute atomic E-state index is 0.103. The summed E-state index contributed by atoms with van der Waals surface area (Å²) in [6, 6.07) is 6.72. The zero-order valence-electron chi connectivity index (χ0n) is 14.4. The smallest absolute Gasteiger partial charge is 0.269 e. The first kappa shape index (κ1) is 18.9. The van der Waals surface area contributed by atoms with Crippen molar-refractivity contribution in [2.24, 2.45) is 0 Å². The molecule has 0 spiro atoms. The third kappa shape index (κ3) is 4.27. The van der Waals surface area contributed by atoms with Gasteiger partial charge in [0.15, 0.2) is 10.4 Å². The van der Waals surface area contributed by atoms with E-state index < -0.39 is 22.0 Å².